The lowest BCUT2D eigenvalue weighted by Gasteiger charge is -2.40. The van der Waals surface area contributed by atoms with Crippen LogP contribution in [0.2, 0.25) is 0 Å². The summed E-state index contributed by atoms with van der Waals surface area (Å²) in [6, 6.07) is 4.50. The summed E-state index contributed by atoms with van der Waals surface area (Å²) in [7, 11) is 0. The van der Waals surface area contributed by atoms with Crippen LogP contribution < -0.4 is 0 Å². The maximum Gasteiger partial charge on any atom is 0.227 e. The third-order valence-electron chi connectivity index (χ3n) is 6.00. The van der Waals surface area contributed by atoms with Gasteiger partial charge in [-0.15, -0.1) is 0 Å². The molecule has 4 aliphatic rings. The van der Waals surface area contributed by atoms with E-state index in [0.717, 1.165) is 24.6 Å². The smallest absolute Gasteiger partial charge is 0.227 e. The SMILES string of the molecule is O=C(Cc1ccncc1)N1CC2CCC(C1)N(CC1CCC1)C2. The Balaban J connectivity index is 1.39. The van der Waals surface area contributed by atoms with Crippen molar-refractivity contribution in [3.8, 4) is 0 Å². The van der Waals surface area contributed by atoms with Gasteiger partial charge in [-0.2, -0.15) is 0 Å². The van der Waals surface area contributed by atoms with Gasteiger partial charge in [0.25, 0.3) is 0 Å². The first-order chi connectivity index (χ1) is 11.3. The van der Waals surface area contributed by atoms with Gasteiger partial charge in [-0.1, -0.05) is 6.42 Å². The second-order valence-corrected chi connectivity index (χ2v) is 7.68. The number of carbonyl (C=O) groups is 1. The van der Waals surface area contributed by atoms with Crippen LogP contribution in [-0.4, -0.2) is 52.9 Å². The molecule has 5 rings (SSSR count). The lowest BCUT2D eigenvalue weighted by molar-refractivity contribution is -0.130. The van der Waals surface area contributed by atoms with Gasteiger partial charge in [-0.25, -0.2) is 0 Å². The Morgan fingerprint density at radius 3 is 2.65 bits per heavy atom. The molecule has 1 amide bonds. The summed E-state index contributed by atoms with van der Waals surface area (Å²) in [6.07, 6.45) is 10.9. The first-order valence-corrected chi connectivity index (χ1v) is 9.18. The topological polar surface area (TPSA) is 36.4 Å². The Hall–Kier alpha value is -1.42. The molecule has 1 aliphatic carbocycles. The van der Waals surface area contributed by atoms with Crippen molar-refractivity contribution in [2.24, 2.45) is 11.8 Å². The molecule has 1 aromatic heterocycles. The predicted octanol–water partition coefficient (Wildman–Crippen LogP) is 2.35. The second kappa shape index (κ2) is 6.60. The number of nitrogens with zero attached hydrogens (tertiary/aromatic N) is 3. The van der Waals surface area contributed by atoms with Crippen molar-refractivity contribution in [3.63, 3.8) is 0 Å². The van der Waals surface area contributed by atoms with Gasteiger partial charge in [0.1, 0.15) is 0 Å². The fourth-order valence-electron chi connectivity index (χ4n) is 4.40. The minimum Gasteiger partial charge on any atom is -0.341 e. The van der Waals surface area contributed by atoms with Crippen LogP contribution in [0.3, 0.4) is 0 Å². The van der Waals surface area contributed by atoms with Gasteiger partial charge in [0.15, 0.2) is 0 Å². The van der Waals surface area contributed by atoms with Crippen LogP contribution in [0.1, 0.15) is 37.7 Å². The van der Waals surface area contributed by atoms with Crippen LogP contribution in [0.15, 0.2) is 24.5 Å². The molecule has 4 nitrogen and oxygen atoms in total. The van der Waals surface area contributed by atoms with Crippen molar-refractivity contribution < 1.29 is 4.79 Å². The lowest BCUT2D eigenvalue weighted by Crippen LogP contribution is -2.47. The third kappa shape index (κ3) is 3.42. The molecule has 4 heterocycles. The largest absolute Gasteiger partial charge is 0.341 e. The number of hydrogen-bond acceptors (Lipinski definition) is 3. The highest BCUT2D eigenvalue weighted by Gasteiger charge is 2.37. The molecule has 0 spiro atoms. The number of rotatable bonds is 4. The number of pyridine rings is 1. The highest BCUT2D eigenvalue weighted by atomic mass is 16.2. The number of piperidine rings is 1. The first-order valence-electron chi connectivity index (χ1n) is 9.18. The Labute approximate surface area is 138 Å². The number of fused-ring (bicyclic) bond motifs is 4. The van der Waals surface area contributed by atoms with Gasteiger partial charge in [0, 0.05) is 44.6 Å². The maximum absolute atomic E-state index is 12.7. The first kappa shape index (κ1) is 15.1. The summed E-state index contributed by atoms with van der Waals surface area (Å²) in [6.45, 7) is 4.38. The predicted molar refractivity (Wildman–Crippen MR) is 89.9 cm³/mol. The lowest BCUT2D eigenvalue weighted by atomic mass is 9.83. The minimum atomic E-state index is 0.290. The molecule has 0 N–H and O–H groups in total. The van der Waals surface area contributed by atoms with E-state index in [1.165, 1.54) is 45.2 Å². The second-order valence-electron chi connectivity index (χ2n) is 7.68. The fraction of sp³-hybridized carbons (Fsp3) is 0.684. The molecule has 23 heavy (non-hydrogen) atoms. The summed E-state index contributed by atoms with van der Waals surface area (Å²) in [5.74, 6) is 1.89. The van der Waals surface area contributed by atoms with Gasteiger partial charge in [-0.05, 0) is 55.2 Å². The molecule has 2 bridgehead atoms. The molecule has 2 atom stereocenters. The Kier molecular flexibility index (Phi) is 4.34. The summed E-state index contributed by atoms with van der Waals surface area (Å²) in [4.78, 5) is 21.6. The number of amides is 1. The van der Waals surface area contributed by atoms with Gasteiger partial charge >= 0.3 is 0 Å². The molecule has 1 aromatic rings. The molecule has 4 fully saturated rings. The van der Waals surface area contributed by atoms with Crippen molar-refractivity contribution in [2.45, 2.75) is 44.6 Å². The van der Waals surface area contributed by atoms with Crippen LogP contribution in [0.25, 0.3) is 0 Å². The molecular weight excluding hydrogens is 286 g/mol. The number of hydrogen-bond donors (Lipinski definition) is 0. The molecule has 1 saturated carbocycles. The minimum absolute atomic E-state index is 0.290. The highest BCUT2D eigenvalue weighted by Crippen LogP contribution is 2.33. The number of aromatic nitrogens is 1. The van der Waals surface area contributed by atoms with E-state index in [9.17, 15) is 4.79 Å². The molecule has 2 unspecified atom stereocenters. The summed E-state index contributed by atoms with van der Waals surface area (Å²) < 4.78 is 0. The van der Waals surface area contributed by atoms with Crippen molar-refractivity contribution in [2.75, 3.05) is 26.2 Å². The molecule has 3 saturated heterocycles. The zero-order valence-electron chi connectivity index (χ0n) is 13.9. The normalized spacial score (nSPS) is 28.4. The molecule has 124 valence electrons. The molecule has 0 radical (unpaired) electrons. The van der Waals surface area contributed by atoms with Crippen molar-refractivity contribution >= 4 is 5.91 Å². The van der Waals surface area contributed by atoms with Crippen LogP contribution in [0, 0.1) is 11.8 Å². The van der Waals surface area contributed by atoms with E-state index in [-0.39, 0.29) is 0 Å². The summed E-state index contributed by atoms with van der Waals surface area (Å²) in [5.41, 5.74) is 1.08. The van der Waals surface area contributed by atoms with Crippen molar-refractivity contribution in [3.05, 3.63) is 30.1 Å². The van der Waals surface area contributed by atoms with E-state index < -0.39 is 0 Å². The Morgan fingerprint density at radius 2 is 1.91 bits per heavy atom. The summed E-state index contributed by atoms with van der Waals surface area (Å²) >= 11 is 0. The summed E-state index contributed by atoms with van der Waals surface area (Å²) in [5, 5.41) is 0. The average Bonchev–Trinajstić information content (AvgIpc) is 2.84. The highest BCUT2D eigenvalue weighted by molar-refractivity contribution is 5.78. The zero-order chi connectivity index (χ0) is 15.6. The van der Waals surface area contributed by atoms with E-state index in [4.69, 9.17) is 0 Å². The molecule has 3 aliphatic heterocycles. The van der Waals surface area contributed by atoms with E-state index in [1.54, 1.807) is 12.4 Å². The van der Waals surface area contributed by atoms with E-state index in [2.05, 4.69) is 14.8 Å². The maximum atomic E-state index is 12.7. The third-order valence-corrected chi connectivity index (χ3v) is 6.00. The van der Waals surface area contributed by atoms with Crippen molar-refractivity contribution in [1.82, 2.24) is 14.8 Å². The van der Waals surface area contributed by atoms with Crippen LogP contribution in [0.4, 0.5) is 0 Å². The molecule has 4 heteroatoms. The van der Waals surface area contributed by atoms with E-state index >= 15 is 0 Å². The van der Waals surface area contributed by atoms with Crippen LogP contribution in [0.5, 0.6) is 0 Å². The molecular formula is C19H27N3O. The Morgan fingerprint density at radius 1 is 1.09 bits per heavy atom. The zero-order valence-corrected chi connectivity index (χ0v) is 13.9. The van der Waals surface area contributed by atoms with Gasteiger partial charge in [-0.3, -0.25) is 14.7 Å². The van der Waals surface area contributed by atoms with Gasteiger partial charge < -0.3 is 4.90 Å². The van der Waals surface area contributed by atoms with E-state index in [1.807, 2.05) is 12.1 Å². The van der Waals surface area contributed by atoms with Gasteiger partial charge in [0.05, 0.1) is 6.42 Å². The van der Waals surface area contributed by atoms with E-state index in [0.29, 0.717) is 24.3 Å². The fourth-order valence-corrected chi connectivity index (χ4v) is 4.40. The monoisotopic (exact) mass is 313 g/mol. The van der Waals surface area contributed by atoms with Crippen LogP contribution in [-0.2, 0) is 11.2 Å². The Bertz CT molecular complexity index is 543. The van der Waals surface area contributed by atoms with Gasteiger partial charge in [0.2, 0.25) is 5.91 Å². The molecule has 0 aromatic carbocycles. The quantitative estimate of drug-likeness (QED) is 0.856. The van der Waals surface area contributed by atoms with Crippen LogP contribution >= 0.6 is 0 Å². The average molecular weight is 313 g/mol. The standard InChI is InChI=1S/C19H27N3O/c23-19(10-15-6-8-20-9-7-15)22-13-17-4-5-18(14-22)21(12-17)11-16-2-1-3-16/h6-9,16-18H,1-5,10-14H2. The van der Waals surface area contributed by atoms with Crippen molar-refractivity contribution in [1.29, 1.82) is 0 Å². The number of carbonyl (C=O) groups excluding carboxylic acids is 1.